The number of amides is 1. The third kappa shape index (κ3) is 5.07. The lowest BCUT2D eigenvalue weighted by atomic mass is 10.1. The minimum Gasteiger partial charge on any atom is -0.356 e. The van der Waals surface area contributed by atoms with Crippen molar-refractivity contribution in [2.24, 2.45) is 4.99 Å². The number of carbonyl (C=O) groups is 1. The Morgan fingerprint density at radius 2 is 2.26 bits per heavy atom. The van der Waals surface area contributed by atoms with Crippen LogP contribution in [0.4, 0.5) is 4.39 Å². The quantitative estimate of drug-likeness (QED) is 0.633. The molecule has 0 aliphatic carbocycles. The number of carbonyl (C=O) groups excluding carboxylic acids is 1. The maximum absolute atomic E-state index is 13.3. The summed E-state index contributed by atoms with van der Waals surface area (Å²) in [5, 5.41) is 5.32. The highest BCUT2D eigenvalue weighted by Crippen LogP contribution is 2.24. The average Bonchev–Trinajstić information content (AvgIpc) is 3.12. The van der Waals surface area contributed by atoms with Gasteiger partial charge in [0.2, 0.25) is 5.91 Å². The largest absolute Gasteiger partial charge is 0.356 e. The molecule has 1 N–H and O–H groups in total. The van der Waals surface area contributed by atoms with Crippen molar-refractivity contribution < 1.29 is 9.18 Å². The second-order valence-corrected chi connectivity index (χ2v) is 7.64. The predicted octanol–water partition coefficient (Wildman–Crippen LogP) is 2.87. The van der Waals surface area contributed by atoms with E-state index in [0.29, 0.717) is 32.0 Å². The number of benzene rings is 1. The zero-order valence-corrected chi connectivity index (χ0v) is 16.6. The van der Waals surface area contributed by atoms with E-state index in [0.717, 1.165) is 18.5 Å². The van der Waals surface area contributed by atoms with Crippen molar-refractivity contribution in [2.45, 2.75) is 25.9 Å². The summed E-state index contributed by atoms with van der Waals surface area (Å²) in [6, 6.07) is 8.64. The van der Waals surface area contributed by atoms with Crippen LogP contribution in [-0.2, 0) is 24.3 Å². The van der Waals surface area contributed by atoms with E-state index < -0.39 is 0 Å². The molecule has 0 unspecified atom stereocenters. The first-order valence-electron chi connectivity index (χ1n) is 9.06. The zero-order valence-electron chi connectivity index (χ0n) is 15.7. The van der Waals surface area contributed by atoms with E-state index in [1.807, 2.05) is 22.9 Å². The van der Waals surface area contributed by atoms with E-state index >= 15 is 0 Å². The van der Waals surface area contributed by atoms with Gasteiger partial charge in [-0.05, 0) is 41.1 Å². The van der Waals surface area contributed by atoms with Gasteiger partial charge in [0, 0.05) is 51.6 Å². The summed E-state index contributed by atoms with van der Waals surface area (Å²) >= 11 is 1.77. The van der Waals surface area contributed by atoms with Crippen molar-refractivity contribution in [1.29, 1.82) is 0 Å². The Bertz CT molecular complexity index is 820. The summed E-state index contributed by atoms with van der Waals surface area (Å²) in [6.45, 7) is 2.57. The molecule has 2 aromatic rings. The lowest BCUT2D eigenvalue weighted by Crippen LogP contribution is -2.41. The van der Waals surface area contributed by atoms with Crippen molar-refractivity contribution in [3.05, 3.63) is 57.5 Å². The third-order valence-corrected chi connectivity index (χ3v) is 5.69. The average molecular weight is 389 g/mol. The van der Waals surface area contributed by atoms with Gasteiger partial charge in [-0.1, -0.05) is 12.1 Å². The molecule has 1 amide bonds. The Labute approximate surface area is 163 Å². The van der Waals surface area contributed by atoms with E-state index in [1.165, 1.54) is 22.6 Å². The van der Waals surface area contributed by atoms with E-state index in [4.69, 9.17) is 0 Å². The number of thiophene rings is 1. The molecular weight excluding hydrogens is 363 g/mol. The highest BCUT2D eigenvalue weighted by Gasteiger charge is 2.21. The van der Waals surface area contributed by atoms with Crippen molar-refractivity contribution in [2.75, 3.05) is 27.2 Å². The molecule has 1 aromatic carbocycles. The topological polar surface area (TPSA) is 47.9 Å². The molecule has 2 heterocycles. The first-order valence-corrected chi connectivity index (χ1v) is 9.94. The summed E-state index contributed by atoms with van der Waals surface area (Å²) in [4.78, 5) is 22.0. The van der Waals surface area contributed by atoms with E-state index in [1.54, 1.807) is 24.5 Å². The number of guanidine groups is 1. The number of nitrogens with zero attached hydrogens (tertiary/aromatic N) is 3. The van der Waals surface area contributed by atoms with Crippen LogP contribution in [0.2, 0.25) is 0 Å². The SMILES string of the molecule is CN=C(NCCC(=O)N1CCc2sccc2C1)N(C)Cc1cccc(F)c1. The summed E-state index contributed by atoms with van der Waals surface area (Å²) in [5.74, 6) is 0.596. The lowest BCUT2D eigenvalue weighted by Gasteiger charge is -2.27. The summed E-state index contributed by atoms with van der Waals surface area (Å²) in [5.41, 5.74) is 2.15. The van der Waals surface area contributed by atoms with Gasteiger partial charge in [0.1, 0.15) is 5.82 Å². The molecule has 1 aliphatic rings. The standard InChI is InChI=1S/C20H25FN4OS/c1-22-20(24(2)13-15-4-3-5-17(21)12-15)23-9-6-19(26)25-10-7-18-16(14-25)8-11-27-18/h3-5,8,11-12H,6-7,9-10,13-14H2,1-2H3,(H,22,23). The maximum Gasteiger partial charge on any atom is 0.224 e. The molecule has 3 rings (SSSR count). The summed E-state index contributed by atoms with van der Waals surface area (Å²) in [7, 11) is 3.60. The normalized spacial score (nSPS) is 14.0. The number of hydrogen-bond donors (Lipinski definition) is 1. The molecule has 0 atom stereocenters. The first-order chi connectivity index (χ1) is 13.1. The minimum atomic E-state index is -0.246. The van der Waals surface area contributed by atoms with E-state index in [2.05, 4.69) is 21.8 Å². The molecular formula is C20H25FN4OS. The Hall–Kier alpha value is -2.41. The smallest absolute Gasteiger partial charge is 0.224 e. The first kappa shape index (κ1) is 19.4. The van der Waals surface area contributed by atoms with Gasteiger partial charge in [-0.25, -0.2) is 4.39 Å². The lowest BCUT2D eigenvalue weighted by molar-refractivity contribution is -0.131. The van der Waals surface area contributed by atoms with Gasteiger partial charge in [0.25, 0.3) is 0 Å². The number of hydrogen-bond acceptors (Lipinski definition) is 3. The minimum absolute atomic E-state index is 0.155. The number of rotatable bonds is 5. The molecule has 0 spiro atoms. The van der Waals surface area contributed by atoms with Gasteiger partial charge in [0.05, 0.1) is 0 Å². The van der Waals surface area contributed by atoms with Crippen molar-refractivity contribution in [1.82, 2.24) is 15.1 Å². The summed E-state index contributed by atoms with van der Waals surface area (Å²) < 4.78 is 13.3. The fourth-order valence-electron chi connectivity index (χ4n) is 3.27. The molecule has 5 nitrogen and oxygen atoms in total. The molecule has 1 aliphatic heterocycles. The molecule has 1 aromatic heterocycles. The molecule has 0 radical (unpaired) electrons. The molecule has 0 fully saturated rings. The maximum atomic E-state index is 13.3. The van der Waals surface area contributed by atoms with Crippen LogP contribution in [0, 0.1) is 5.82 Å². The fourth-order valence-corrected chi connectivity index (χ4v) is 4.16. The monoisotopic (exact) mass is 388 g/mol. The Morgan fingerprint density at radius 3 is 3.04 bits per heavy atom. The highest BCUT2D eigenvalue weighted by molar-refractivity contribution is 7.10. The molecule has 144 valence electrons. The van der Waals surface area contributed by atoms with Gasteiger partial charge in [-0.15, -0.1) is 11.3 Å². The molecule has 0 saturated heterocycles. The van der Waals surface area contributed by atoms with Crippen LogP contribution < -0.4 is 5.32 Å². The second kappa shape index (κ2) is 8.99. The van der Waals surface area contributed by atoms with Crippen LogP contribution in [0.1, 0.15) is 22.4 Å². The third-order valence-electron chi connectivity index (χ3n) is 4.66. The molecule has 7 heteroatoms. The van der Waals surface area contributed by atoms with Gasteiger partial charge >= 0.3 is 0 Å². The fraction of sp³-hybridized carbons (Fsp3) is 0.400. The Morgan fingerprint density at radius 1 is 1.41 bits per heavy atom. The van der Waals surface area contributed by atoms with Crippen LogP contribution in [0.5, 0.6) is 0 Å². The van der Waals surface area contributed by atoms with Gasteiger partial charge in [-0.3, -0.25) is 9.79 Å². The number of halogens is 1. The molecule has 0 bridgehead atoms. The van der Waals surface area contributed by atoms with Gasteiger partial charge in [-0.2, -0.15) is 0 Å². The second-order valence-electron chi connectivity index (χ2n) is 6.64. The van der Waals surface area contributed by atoms with Crippen LogP contribution in [0.25, 0.3) is 0 Å². The van der Waals surface area contributed by atoms with Crippen molar-refractivity contribution >= 4 is 23.2 Å². The predicted molar refractivity (Wildman–Crippen MR) is 107 cm³/mol. The van der Waals surface area contributed by atoms with Crippen LogP contribution >= 0.6 is 11.3 Å². The molecule has 0 saturated carbocycles. The summed E-state index contributed by atoms with van der Waals surface area (Å²) in [6.07, 6.45) is 1.37. The number of fused-ring (bicyclic) bond motifs is 1. The van der Waals surface area contributed by atoms with Gasteiger partial charge < -0.3 is 15.1 Å². The Balaban J connectivity index is 1.46. The van der Waals surface area contributed by atoms with Gasteiger partial charge in [0.15, 0.2) is 5.96 Å². The number of aliphatic imine (C=N–C) groups is 1. The van der Waals surface area contributed by atoms with Crippen LogP contribution in [-0.4, -0.2) is 48.9 Å². The Kier molecular flexibility index (Phi) is 6.45. The molecule has 27 heavy (non-hydrogen) atoms. The zero-order chi connectivity index (χ0) is 19.2. The van der Waals surface area contributed by atoms with Crippen molar-refractivity contribution in [3.8, 4) is 0 Å². The van der Waals surface area contributed by atoms with Crippen LogP contribution in [0.15, 0.2) is 40.7 Å². The van der Waals surface area contributed by atoms with E-state index in [-0.39, 0.29) is 11.7 Å². The van der Waals surface area contributed by atoms with Crippen LogP contribution in [0.3, 0.4) is 0 Å². The highest BCUT2D eigenvalue weighted by atomic mass is 32.1. The van der Waals surface area contributed by atoms with Crippen molar-refractivity contribution in [3.63, 3.8) is 0 Å². The number of nitrogens with one attached hydrogen (secondary N) is 1. The van der Waals surface area contributed by atoms with E-state index in [9.17, 15) is 9.18 Å².